The second-order valence-corrected chi connectivity index (χ2v) is 5.60. The quantitative estimate of drug-likeness (QED) is 0.648. The highest BCUT2D eigenvalue weighted by Gasteiger charge is 2.03. The smallest absolute Gasteiger partial charge is 0.269 e. The lowest BCUT2D eigenvalue weighted by Gasteiger charge is -2.10. The topological polar surface area (TPSA) is 75.7 Å². The van der Waals surface area contributed by atoms with Gasteiger partial charge < -0.3 is 0 Å². The summed E-state index contributed by atoms with van der Waals surface area (Å²) >= 11 is 0. The number of carbonyl (C=O) groups excluding carboxylic acids is 1. The predicted molar refractivity (Wildman–Crippen MR) is 73.7 cm³/mol. The van der Waals surface area contributed by atoms with Crippen LogP contribution in [-0.2, 0) is 19.7 Å². The summed E-state index contributed by atoms with van der Waals surface area (Å²) in [5.41, 5.74) is 1.25. The minimum absolute atomic E-state index is 0.291. The molecule has 0 spiro atoms. The zero-order chi connectivity index (χ0) is 14.5. The zero-order valence-corrected chi connectivity index (χ0v) is 11.8. The van der Waals surface area contributed by atoms with Crippen molar-refractivity contribution >= 4 is 27.7 Å². The molecule has 0 unspecified atom stereocenters. The van der Waals surface area contributed by atoms with Crippen molar-refractivity contribution in [2.45, 2.75) is 0 Å². The van der Waals surface area contributed by atoms with Gasteiger partial charge in [-0.25, -0.2) is 13.5 Å². The highest BCUT2D eigenvalue weighted by atomic mass is 32.2. The van der Waals surface area contributed by atoms with Crippen LogP contribution in [0.1, 0.15) is 5.56 Å². The summed E-state index contributed by atoms with van der Waals surface area (Å²) in [6.45, 7) is 0. The van der Waals surface area contributed by atoms with Crippen LogP contribution in [-0.4, -0.2) is 39.8 Å². The van der Waals surface area contributed by atoms with Gasteiger partial charge in [-0.05, 0) is 23.8 Å². The Kier molecular flexibility index (Phi) is 5.08. The third-order valence-corrected chi connectivity index (χ3v) is 2.82. The number of sulfonamides is 1. The van der Waals surface area contributed by atoms with Gasteiger partial charge in [0.15, 0.2) is 0 Å². The fourth-order valence-electron chi connectivity index (χ4n) is 1.24. The second kappa shape index (κ2) is 6.35. The van der Waals surface area contributed by atoms with Gasteiger partial charge in [0, 0.05) is 18.8 Å². The van der Waals surface area contributed by atoms with Crippen LogP contribution in [0.15, 0.2) is 30.3 Å². The molecule has 7 heteroatoms. The molecule has 1 amide bonds. The maximum absolute atomic E-state index is 11.4. The van der Waals surface area contributed by atoms with Crippen molar-refractivity contribution in [2.24, 2.45) is 0 Å². The van der Waals surface area contributed by atoms with Gasteiger partial charge in [-0.3, -0.25) is 14.4 Å². The van der Waals surface area contributed by atoms with E-state index in [9.17, 15) is 13.2 Å². The van der Waals surface area contributed by atoms with Gasteiger partial charge in [-0.15, -0.1) is 0 Å². The Morgan fingerprint density at radius 3 is 2.37 bits per heavy atom. The lowest BCUT2D eigenvalue weighted by atomic mass is 10.2. The average molecular weight is 284 g/mol. The minimum Gasteiger partial charge on any atom is -0.284 e. The van der Waals surface area contributed by atoms with Gasteiger partial charge in [0.1, 0.15) is 0 Å². The van der Waals surface area contributed by atoms with Crippen molar-refractivity contribution in [3.8, 4) is 0 Å². The molecule has 0 fully saturated rings. The first-order valence-electron chi connectivity index (χ1n) is 5.39. The van der Waals surface area contributed by atoms with Gasteiger partial charge in [0.25, 0.3) is 5.91 Å². The molecule has 1 N–H and O–H groups in total. The van der Waals surface area contributed by atoms with Crippen LogP contribution in [0.2, 0.25) is 0 Å². The molecule has 0 bridgehead atoms. The lowest BCUT2D eigenvalue weighted by Crippen LogP contribution is -2.22. The summed E-state index contributed by atoms with van der Waals surface area (Å²) in [7, 11) is -0.370. The first kappa shape index (κ1) is 15.2. The van der Waals surface area contributed by atoms with Crippen LogP contribution in [0.4, 0.5) is 5.69 Å². The van der Waals surface area contributed by atoms with E-state index in [1.165, 1.54) is 20.2 Å². The summed E-state index contributed by atoms with van der Waals surface area (Å²) in [4.78, 5) is 16.2. The molecule has 104 valence electrons. The van der Waals surface area contributed by atoms with Crippen LogP contribution in [0.5, 0.6) is 0 Å². The minimum atomic E-state index is -3.28. The monoisotopic (exact) mass is 284 g/mol. The van der Waals surface area contributed by atoms with Gasteiger partial charge in [-0.2, -0.15) is 0 Å². The first-order valence-corrected chi connectivity index (χ1v) is 7.28. The Labute approximate surface area is 112 Å². The highest BCUT2D eigenvalue weighted by molar-refractivity contribution is 7.92. The molecule has 0 heterocycles. The van der Waals surface area contributed by atoms with Crippen LogP contribution >= 0.6 is 0 Å². The van der Waals surface area contributed by atoms with E-state index >= 15 is 0 Å². The molecule has 1 aromatic rings. The fourth-order valence-corrected chi connectivity index (χ4v) is 1.80. The van der Waals surface area contributed by atoms with Gasteiger partial charge in [0.2, 0.25) is 10.0 Å². The number of nitrogens with zero attached hydrogens (tertiary/aromatic N) is 1. The van der Waals surface area contributed by atoms with Crippen molar-refractivity contribution in [3.05, 3.63) is 35.9 Å². The Balaban J connectivity index is 2.72. The first-order chi connectivity index (χ1) is 8.81. The van der Waals surface area contributed by atoms with Crippen molar-refractivity contribution in [2.75, 3.05) is 25.1 Å². The SMILES string of the molecule is CON(C)C(=O)C=Cc1ccc(NS(C)(=O)=O)cc1. The Morgan fingerprint density at radius 1 is 1.32 bits per heavy atom. The maximum atomic E-state index is 11.4. The molecule has 0 aliphatic rings. The van der Waals surface area contributed by atoms with Crippen molar-refractivity contribution in [1.29, 1.82) is 0 Å². The highest BCUT2D eigenvalue weighted by Crippen LogP contribution is 2.12. The molecule has 19 heavy (non-hydrogen) atoms. The molecule has 0 aliphatic carbocycles. The summed E-state index contributed by atoms with van der Waals surface area (Å²) in [5, 5.41) is 1.09. The van der Waals surface area contributed by atoms with Gasteiger partial charge in [0.05, 0.1) is 13.4 Å². The van der Waals surface area contributed by atoms with Gasteiger partial charge in [-0.1, -0.05) is 12.1 Å². The second-order valence-electron chi connectivity index (χ2n) is 3.85. The molecule has 0 saturated heterocycles. The zero-order valence-electron chi connectivity index (χ0n) is 11.0. The molecular weight excluding hydrogens is 268 g/mol. The molecular formula is C12H16N2O4S. The van der Waals surface area contributed by atoms with Crippen molar-refractivity contribution in [1.82, 2.24) is 5.06 Å². The number of nitrogens with one attached hydrogen (secondary N) is 1. The molecule has 6 nitrogen and oxygen atoms in total. The predicted octanol–water partition coefficient (Wildman–Crippen LogP) is 1.09. The molecule has 0 aromatic heterocycles. The third kappa shape index (κ3) is 5.54. The molecule has 0 saturated carbocycles. The van der Waals surface area contributed by atoms with E-state index in [0.29, 0.717) is 5.69 Å². The van der Waals surface area contributed by atoms with E-state index < -0.39 is 10.0 Å². The number of amides is 1. The Hall–Kier alpha value is -1.86. The number of likely N-dealkylation sites (N-methyl/N-ethyl adjacent to an activating group) is 1. The van der Waals surface area contributed by atoms with Crippen molar-refractivity contribution in [3.63, 3.8) is 0 Å². The molecule has 0 radical (unpaired) electrons. The van der Waals surface area contributed by atoms with E-state index in [-0.39, 0.29) is 5.91 Å². The average Bonchev–Trinajstić information content (AvgIpc) is 2.34. The summed E-state index contributed by atoms with van der Waals surface area (Å²) in [6.07, 6.45) is 4.06. The number of benzene rings is 1. The van der Waals surface area contributed by atoms with Crippen molar-refractivity contribution < 1.29 is 18.0 Å². The van der Waals surface area contributed by atoms with E-state index in [1.807, 2.05) is 0 Å². The number of carbonyl (C=O) groups is 1. The molecule has 1 aromatic carbocycles. The standard InChI is InChI=1S/C12H16N2O4S/c1-14(18-2)12(15)9-6-10-4-7-11(8-5-10)13-19(3,16)17/h4-9,13H,1-3H3. The number of anilines is 1. The number of rotatable bonds is 5. The van der Waals surface area contributed by atoms with Crippen LogP contribution < -0.4 is 4.72 Å². The van der Waals surface area contributed by atoms with E-state index in [4.69, 9.17) is 4.84 Å². The summed E-state index contributed by atoms with van der Waals surface area (Å²) in [5.74, 6) is -0.291. The molecule has 0 aliphatic heterocycles. The van der Waals surface area contributed by atoms with Crippen LogP contribution in [0, 0.1) is 0 Å². The van der Waals surface area contributed by atoms with Gasteiger partial charge >= 0.3 is 0 Å². The fraction of sp³-hybridized carbons (Fsp3) is 0.250. The maximum Gasteiger partial charge on any atom is 0.269 e. The van der Waals surface area contributed by atoms with E-state index in [2.05, 4.69) is 4.72 Å². The lowest BCUT2D eigenvalue weighted by molar-refractivity contribution is -0.162. The largest absolute Gasteiger partial charge is 0.284 e. The summed E-state index contributed by atoms with van der Waals surface area (Å²) in [6, 6.07) is 6.63. The summed E-state index contributed by atoms with van der Waals surface area (Å²) < 4.78 is 24.4. The Bertz CT molecular complexity index is 564. The normalized spacial score (nSPS) is 11.5. The number of hydroxylamine groups is 2. The molecule has 1 rings (SSSR count). The van der Waals surface area contributed by atoms with E-state index in [1.54, 1.807) is 30.3 Å². The Morgan fingerprint density at radius 2 is 1.89 bits per heavy atom. The number of hydrogen-bond acceptors (Lipinski definition) is 4. The van der Waals surface area contributed by atoms with Crippen LogP contribution in [0.3, 0.4) is 0 Å². The number of hydrogen-bond donors (Lipinski definition) is 1. The molecule has 0 atom stereocenters. The van der Waals surface area contributed by atoms with Crippen LogP contribution in [0.25, 0.3) is 6.08 Å². The van der Waals surface area contributed by atoms with E-state index in [0.717, 1.165) is 16.9 Å². The third-order valence-electron chi connectivity index (χ3n) is 2.22.